The summed E-state index contributed by atoms with van der Waals surface area (Å²) in [5, 5.41) is 11.5. The van der Waals surface area contributed by atoms with Crippen molar-refractivity contribution in [1.82, 2.24) is 10.2 Å². The number of H-pyrrole nitrogens is 1. The molecule has 1 aliphatic rings. The first kappa shape index (κ1) is 11.2. The normalized spacial score (nSPS) is 12.8. The molecule has 0 amide bonds. The van der Waals surface area contributed by atoms with Gasteiger partial charge in [-0.3, -0.25) is 5.10 Å². The number of benzene rings is 2. The molecule has 0 saturated carbocycles. The standard InChI is InChI=1S/C15H13N3O2/c1-2-11(15-14(3-1)19-9-20-15)7-16-12-5-4-10-8-17-18-13(10)6-12/h1-6,8,16H,7,9H2,(H,17,18). The molecule has 0 fully saturated rings. The minimum absolute atomic E-state index is 0.298. The van der Waals surface area contributed by atoms with E-state index in [-0.39, 0.29) is 0 Å². The Morgan fingerprint density at radius 1 is 1.20 bits per heavy atom. The number of anilines is 1. The van der Waals surface area contributed by atoms with Gasteiger partial charge in [-0.1, -0.05) is 12.1 Å². The maximum atomic E-state index is 5.50. The first-order chi connectivity index (χ1) is 9.90. The van der Waals surface area contributed by atoms with Gasteiger partial charge < -0.3 is 14.8 Å². The molecule has 100 valence electrons. The Bertz CT molecular complexity index is 767. The van der Waals surface area contributed by atoms with E-state index in [0.29, 0.717) is 13.3 Å². The number of para-hydroxylation sites is 1. The first-order valence-corrected chi connectivity index (χ1v) is 6.45. The molecule has 0 atom stereocenters. The molecule has 0 radical (unpaired) electrons. The molecule has 0 aliphatic carbocycles. The van der Waals surface area contributed by atoms with Crippen molar-refractivity contribution < 1.29 is 9.47 Å². The number of nitrogens with one attached hydrogen (secondary N) is 2. The van der Waals surface area contributed by atoms with Crippen LogP contribution >= 0.6 is 0 Å². The third-order valence-electron chi connectivity index (χ3n) is 3.40. The first-order valence-electron chi connectivity index (χ1n) is 6.45. The Kier molecular flexibility index (Phi) is 2.48. The molecule has 0 spiro atoms. The highest BCUT2D eigenvalue weighted by Gasteiger charge is 2.16. The van der Waals surface area contributed by atoms with E-state index < -0.39 is 0 Å². The quantitative estimate of drug-likeness (QED) is 0.766. The van der Waals surface area contributed by atoms with Crippen molar-refractivity contribution in [3.05, 3.63) is 48.2 Å². The lowest BCUT2D eigenvalue weighted by Crippen LogP contribution is -2.01. The van der Waals surface area contributed by atoms with Gasteiger partial charge in [-0.25, -0.2) is 0 Å². The van der Waals surface area contributed by atoms with Crippen molar-refractivity contribution in [2.75, 3.05) is 12.1 Å². The van der Waals surface area contributed by atoms with E-state index in [1.165, 1.54) is 0 Å². The second-order valence-corrected chi connectivity index (χ2v) is 4.68. The second-order valence-electron chi connectivity index (χ2n) is 4.68. The predicted molar refractivity (Wildman–Crippen MR) is 76.0 cm³/mol. The monoisotopic (exact) mass is 267 g/mol. The van der Waals surface area contributed by atoms with Gasteiger partial charge in [0.25, 0.3) is 0 Å². The maximum Gasteiger partial charge on any atom is 0.231 e. The smallest absolute Gasteiger partial charge is 0.231 e. The Labute approximate surface area is 115 Å². The van der Waals surface area contributed by atoms with Crippen LogP contribution in [0.4, 0.5) is 5.69 Å². The molecule has 0 unspecified atom stereocenters. The Balaban J connectivity index is 1.57. The topological polar surface area (TPSA) is 59.2 Å². The van der Waals surface area contributed by atoms with Crippen LogP contribution in [-0.2, 0) is 6.54 Å². The number of rotatable bonds is 3. The number of hydrogen-bond acceptors (Lipinski definition) is 4. The molecule has 4 rings (SSSR count). The SMILES string of the molecule is c1cc(CNc2ccc3cn[nH]c3c2)c2c(c1)OCO2. The largest absolute Gasteiger partial charge is 0.454 e. The Hall–Kier alpha value is -2.69. The number of fused-ring (bicyclic) bond motifs is 2. The summed E-state index contributed by atoms with van der Waals surface area (Å²) >= 11 is 0. The van der Waals surface area contributed by atoms with Crippen LogP contribution < -0.4 is 14.8 Å². The van der Waals surface area contributed by atoms with E-state index >= 15 is 0 Å². The van der Waals surface area contributed by atoms with Crippen molar-refractivity contribution in [1.29, 1.82) is 0 Å². The van der Waals surface area contributed by atoms with E-state index in [2.05, 4.69) is 15.5 Å². The summed E-state index contributed by atoms with van der Waals surface area (Å²) in [4.78, 5) is 0. The van der Waals surface area contributed by atoms with Crippen LogP contribution in [0.1, 0.15) is 5.56 Å². The van der Waals surface area contributed by atoms with E-state index in [1.54, 1.807) is 0 Å². The zero-order valence-corrected chi connectivity index (χ0v) is 10.7. The number of aromatic nitrogens is 2. The van der Waals surface area contributed by atoms with Crippen LogP contribution in [0.3, 0.4) is 0 Å². The summed E-state index contributed by atoms with van der Waals surface area (Å²) < 4.78 is 10.9. The fourth-order valence-electron chi connectivity index (χ4n) is 2.37. The van der Waals surface area contributed by atoms with Crippen molar-refractivity contribution in [2.45, 2.75) is 6.54 Å². The van der Waals surface area contributed by atoms with Gasteiger partial charge in [0.15, 0.2) is 11.5 Å². The van der Waals surface area contributed by atoms with Gasteiger partial charge in [-0.2, -0.15) is 5.10 Å². The molecule has 2 aromatic carbocycles. The summed E-state index contributed by atoms with van der Waals surface area (Å²) in [5.74, 6) is 1.65. The van der Waals surface area contributed by atoms with Gasteiger partial charge >= 0.3 is 0 Å². The van der Waals surface area contributed by atoms with Crippen LogP contribution in [0, 0.1) is 0 Å². The van der Waals surface area contributed by atoms with Crippen LogP contribution in [0.25, 0.3) is 10.9 Å². The maximum absolute atomic E-state index is 5.50. The van der Waals surface area contributed by atoms with Gasteiger partial charge in [-0.15, -0.1) is 0 Å². The molecule has 0 bridgehead atoms. The molecule has 2 heterocycles. The Morgan fingerprint density at radius 2 is 2.20 bits per heavy atom. The van der Waals surface area contributed by atoms with Crippen LogP contribution in [0.5, 0.6) is 11.5 Å². The van der Waals surface area contributed by atoms with E-state index in [0.717, 1.165) is 33.7 Å². The summed E-state index contributed by atoms with van der Waals surface area (Å²) in [5.41, 5.74) is 3.15. The molecule has 20 heavy (non-hydrogen) atoms. The third kappa shape index (κ3) is 1.84. The molecule has 2 N–H and O–H groups in total. The molecule has 3 aromatic rings. The van der Waals surface area contributed by atoms with Crippen LogP contribution in [0.2, 0.25) is 0 Å². The molecule has 1 aliphatic heterocycles. The van der Waals surface area contributed by atoms with Crippen molar-refractivity contribution in [3.63, 3.8) is 0 Å². The number of aromatic amines is 1. The summed E-state index contributed by atoms with van der Waals surface area (Å²) in [6, 6.07) is 12.1. The van der Waals surface area contributed by atoms with E-state index in [4.69, 9.17) is 9.47 Å². The van der Waals surface area contributed by atoms with Gasteiger partial charge in [-0.05, 0) is 24.3 Å². The van der Waals surface area contributed by atoms with E-state index in [1.807, 2.05) is 42.6 Å². The molecular weight excluding hydrogens is 254 g/mol. The molecule has 0 saturated heterocycles. The van der Waals surface area contributed by atoms with Crippen molar-refractivity contribution >= 4 is 16.6 Å². The molecule has 1 aromatic heterocycles. The summed E-state index contributed by atoms with van der Waals surface area (Å²) in [7, 11) is 0. The number of ether oxygens (including phenoxy) is 2. The zero-order chi connectivity index (χ0) is 13.4. The van der Waals surface area contributed by atoms with Gasteiger partial charge in [0.2, 0.25) is 6.79 Å². The van der Waals surface area contributed by atoms with Crippen molar-refractivity contribution in [2.24, 2.45) is 0 Å². The Morgan fingerprint density at radius 3 is 3.20 bits per heavy atom. The molecule has 5 heteroatoms. The highest BCUT2D eigenvalue weighted by Crippen LogP contribution is 2.35. The van der Waals surface area contributed by atoms with Crippen molar-refractivity contribution in [3.8, 4) is 11.5 Å². The van der Waals surface area contributed by atoms with Crippen LogP contribution in [-0.4, -0.2) is 17.0 Å². The fourth-order valence-corrected chi connectivity index (χ4v) is 2.37. The number of nitrogens with zero attached hydrogens (tertiary/aromatic N) is 1. The van der Waals surface area contributed by atoms with Gasteiger partial charge in [0.1, 0.15) is 0 Å². The number of hydrogen-bond donors (Lipinski definition) is 2. The fraction of sp³-hybridized carbons (Fsp3) is 0.133. The average Bonchev–Trinajstić information content (AvgIpc) is 3.13. The lowest BCUT2D eigenvalue weighted by atomic mass is 10.1. The van der Waals surface area contributed by atoms with Gasteiger partial charge in [0.05, 0.1) is 11.7 Å². The highest BCUT2D eigenvalue weighted by molar-refractivity contribution is 5.81. The van der Waals surface area contributed by atoms with Gasteiger partial charge in [0, 0.05) is 23.2 Å². The third-order valence-corrected chi connectivity index (χ3v) is 3.40. The molecular formula is C15H13N3O2. The summed E-state index contributed by atoms with van der Waals surface area (Å²) in [6.45, 7) is 0.985. The lowest BCUT2D eigenvalue weighted by molar-refractivity contribution is 0.173. The predicted octanol–water partition coefficient (Wildman–Crippen LogP) is 2.90. The van der Waals surface area contributed by atoms with Crippen LogP contribution in [0.15, 0.2) is 42.6 Å². The minimum Gasteiger partial charge on any atom is -0.454 e. The minimum atomic E-state index is 0.298. The molecule has 5 nitrogen and oxygen atoms in total. The lowest BCUT2D eigenvalue weighted by Gasteiger charge is -2.09. The average molecular weight is 267 g/mol. The second kappa shape index (κ2) is 4.45. The highest BCUT2D eigenvalue weighted by atomic mass is 16.7. The summed E-state index contributed by atoms with van der Waals surface area (Å²) in [6.07, 6.45) is 1.81. The zero-order valence-electron chi connectivity index (χ0n) is 10.7. The van der Waals surface area contributed by atoms with E-state index in [9.17, 15) is 0 Å².